The highest BCUT2D eigenvalue weighted by molar-refractivity contribution is 5.95. The molecule has 1 unspecified atom stereocenters. The van der Waals surface area contributed by atoms with Crippen LogP contribution in [0.4, 0.5) is 0 Å². The van der Waals surface area contributed by atoms with Crippen LogP contribution >= 0.6 is 0 Å². The molecule has 3 aromatic rings. The van der Waals surface area contributed by atoms with Gasteiger partial charge in [0.05, 0.1) is 19.7 Å². The van der Waals surface area contributed by atoms with E-state index in [2.05, 4.69) is 34.5 Å². The highest BCUT2D eigenvalue weighted by Gasteiger charge is 2.24. The SMILES string of the molecule is COc1cc(C(=O)N2CCN(CC(=O)NC(C)c3cccc4ccccc34)CC2)ccc1C. The summed E-state index contributed by atoms with van der Waals surface area (Å²) in [5, 5.41) is 5.47. The van der Waals surface area contributed by atoms with Gasteiger partial charge in [-0.15, -0.1) is 0 Å². The highest BCUT2D eigenvalue weighted by Crippen LogP contribution is 2.24. The second-order valence-corrected chi connectivity index (χ2v) is 8.61. The van der Waals surface area contributed by atoms with Gasteiger partial charge >= 0.3 is 0 Å². The summed E-state index contributed by atoms with van der Waals surface area (Å²) in [7, 11) is 1.61. The average Bonchev–Trinajstić information content (AvgIpc) is 2.84. The molecule has 6 nitrogen and oxygen atoms in total. The van der Waals surface area contributed by atoms with Gasteiger partial charge in [-0.3, -0.25) is 14.5 Å². The Bertz CT molecular complexity index is 1150. The molecule has 1 fully saturated rings. The Morgan fingerprint density at radius 1 is 1.00 bits per heavy atom. The number of rotatable bonds is 6. The Hall–Kier alpha value is -3.38. The van der Waals surface area contributed by atoms with Crippen molar-refractivity contribution >= 4 is 22.6 Å². The van der Waals surface area contributed by atoms with E-state index in [0.717, 1.165) is 22.3 Å². The molecule has 3 aromatic carbocycles. The van der Waals surface area contributed by atoms with Crippen molar-refractivity contribution in [3.8, 4) is 5.75 Å². The lowest BCUT2D eigenvalue weighted by molar-refractivity contribution is -0.123. The topological polar surface area (TPSA) is 61.9 Å². The van der Waals surface area contributed by atoms with Crippen molar-refractivity contribution < 1.29 is 14.3 Å². The van der Waals surface area contributed by atoms with Gasteiger partial charge in [0.25, 0.3) is 5.91 Å². The first-order chi connectivity index (χ1) is 16.0. The van der Waals surface area contributed by atoms with Gasteiger partial charge in [-0.05, 0) is 47.9 Å². The Labute approximate surface area is 195 Å². The molecule has 0 radical (unpaired) electrons. The molecule has 0 aliphatic carbocycles. The van der Waals surface area contributed by atoms with E-state index in [1.807, 2.05) is 49.1 Å². The number of ether oxygens (including phenoxy) is 1. The molecule has 1 atom stereocenters. The molecular weight excluding hydrogens is 414 g/mol. The average molecular weight is 446 g/mol. The molecule has 4 rings (SSSR count). The number of methoxy groups -OCH3 is 1. The molecule has 172 valence electrons. The highest BCUT2D eigenvalue weighted by atomic mass is 16.5. The summed E-state index contributed by atoms with van der Waals surface area (Å²) in [5.41, 5.74) is 2.75. The van der Waals surface area contributed by atoms with Crippen molar-refractivity contribution in [2.75, 3.05) is 39.8 Å². The third kappa shape index (κ3) is 5.17. The molecule has 1 heterocycles. The number of amides is 2. The quantitative estimate of drug-likeness (QED) is 0.627. The van der Waals surface area contributed by atoms with E-state index in [9.17, 15) is 9.59 Å². The molecule has 1 N–H and O–H groups in total. The van der Waals surface area contributed by atoms with Crippen LogP contribution in [0.2, 0.25) is 0 Å². The van der Waals surface area contributed by atoms with Gasteiger partial charge in [0.2, 0.25) is 5.91 Å². The molecule has 1 aliphatic rings. The third-order valence-corrected chi connectivity index (χ3v) is 6.35. The van der Waals surface area contributed by atoms with Gasteiger partial charge in [0, 0.05) is 31.7 Å². The fourth-order valence-corrected chi connectivity index (χ4v) is 4.44. The lowest BCUT2D eigenvalue weighted by Crippen LogP contribution is -2.51. The number of carbonyl (C=O) groups excluding carboxylic acids is 2. The van der Waals surface area contributed by atoms with E-state index < -0.39 is 0 Å². The number of benzene rings is 3. The molecule has 33 heavy (non-hydrogen) atoms. The first kappa shape index (κ1) is 22.8. The lowest BCUT2D eigenvalue weighted by atomic mass is 10.00. The summed E-state index contributed by atoms with van der Waals surface area (Å²) in [5.74, 6) is 0.719. The van der Waals surface area contributed by atoms with Gasteiger partial charge < -0.3 is 15.0 Å². The summed E-state index contributed by atoms with van der Waals surface area (Å²) in [6, 6.07) is 19.9. The molecule has 1 saturated heterocycles. The number of carbonyl (C=O) groups is 2. The van der Waals surface area contributed by atoms with E-state index in [-0.39, 0.29) is 17.9 Å². The monoisotopic (exact) mass is 445 g/mol. The minimum Gasteiger partial charge on any atom is -0.496 e. The zero-order valence-electron chi connectivity index (χ0n) is 19.5. The van der Waals surface area contributed by atoms with Crippen LogP contribution in [0.1, 0.15) is 34.5 Å². The Kier molecular flexibility index (Phi) is 6.94. The number of hydrogen-bond donors (Lipinski definition) is 1. The van der Waals surface area contributed by atoms with Crippen LogP contribution in [0.25, 0.3) is 10.8 Å². The first-order valence-corrected chi connectivity index (χ1v) is 11.4. The number of hydrogen-bond acceptors (Lipinski definition) is 4. The standard InChI is InChI=1S/C27H31N3O3/c1-19-11-12-22(17-25(19)33-3)27(32)30-15-13-29(14-16-30)18-26(31)28-20(2)23-10-6-8-21-7-4-5-9-24(21)23/h4-12,17,20H,13-16,18H2,1-3H3,(H,28,31). The minimum absolute atomic E-state index is 0.00141. The van der Waals surface area contributed by atoms with Crippen molar-refractivity contribution in [2.24, 2.45) is 0 Å². The van der Waals surface area contributed by atoms with Crippen molar-refractivity contribution in [1.29, 1.82) is 0 Å². The van der Waals surface area contributed by atoms with Crippen LogP contribution in [-0.4, -0.2) is 61.4 Å². The van der Waals surface area contributed by atoms with Crippen LogP contribution < -0.4 is 10.1 Å². The van der Waals surface area contributed by atoms with E-state index in [0.29, 0.717) is 38.3 Å². The lowest BCUT2D eigenvalue weighted by Gasteiger charge is -2.34. The maximum atomic E-state index is 12.9. The Balaban J connectivity index is 1.30. The van der Waals surface area contributed by atoms with Crippen LogP contribution in [0.3, 0.4) is 0 Å². The second kappa shape index (κ2) is 10.0. The van der Waals surface area contributed by atoms with E-state index in [1.165, 1.54) is 5.39 Å². The fourth-order valence-electron chi connectivity index (χ4n) is 4.44. The number of nitrogens with one attached hydrogen (secondary N) is 1. The maximum absolute atomic E-state index is 12.9. The minimum atomic E-state index is -0.0806. The van der Waals surface area contributed by atoms with Gasteiger partial charge in [-0.2, -0.15) is 0 Å². The first-order valence-electron chi connectivity index (χ1n) is 11.4. The normalized spacial score (nSPS) is 15.3. The number of fused-ring (bicyclic) bond motifs is 1. The molecule has 0 saturated carbocycles. The van der Waals surface area contributed by atoms with Crippen molar-refractivity contribution in [1.82, 2.24) is 15.1 Å². The summed E-state index contributed by atoms with van der Waals surface area (Å²) < 4.78 is 5.35. The Morgan fingerprint density at radius 3 is 2.48 bits per heavy atom. The largest absolute Gasteiger partial charge is 0.496 e. The maximum Gasteiger partial charge on any atom is 0.254 e. The van der Waals surface area contributed by atoms with Crippen LogP contribution in [-0.2, 0) is 4.79 Å². The van der Waals surface area contributed by atoms with Crippen LogP contribution in [0.15, 0.2) is 60.7 Å². The number of aryl methyl sites for hydroxylation is 1. The van der Waals surface area contributed by atoms with Crippen LogP contribution in [0, 0.1) is 6.92 Å². The molecule has 0 bridgehead atoms. The molecular formula is C27H31N3O3. The zero-order valence-corrected chi connectivity index (χ0v) is 19.5. The summed E-state index contributed by atoms with van der Waals surface area (Å²) in [6.07, 6.45) is 0. The molecule has 1 aliphatic heterocycles. The van der Waals surface area contributed by atoms with Crippen LogP contribution in [0.5, 0.6) is 5.75 Å². The smallest absolute Gasteiger partial charge is 0.254 e. The Morgan fingerprint density at radius 2 is 1.73 bits per heavy atom. The van der Waals surface area contributed by atoms with Crippen molar-refractivity contribution in [3.05, 3.63) is 77.4 Å². The van der Waals surface area contributed by atoms with E-state index in [4.69, 9.17) is 4.74 Å². The molecule has 2 amide bonds. The predicted octanol–water partition coefficient (Wildman–Crippen LogP) is 3.79. The summed E-state index contributed by atoms with van der Waals surface area (Å²) in [4.78, 5) is 29.6. The van der Waals surface area contributed by atoms with E-state index in [1.54, 1.807) is 13.2 Å². The van der Waals surface area contributed by atoms with Gasteiger partial charge in [-0.25, -0.2) is 0 Å². The molecule has 0 aromatic heterocycles. The molecule has 0 spiro atoms. The van der Waals surface area contributed by atoms with Crippen molar-refractivity contribution in [2.45, 2.75) is 19.9 Å². The second-order valence-electron chi connectivity index (χ2n) is 8.61. The zero-order chi connectivity index (χ0) is 23.4. The van der Waals surface area contributed by atoms with Gasteiger partial charge in [0.1, 0.15) is 5.75 Å². The third-order valence-electron chi connectivity index (χ3n) is 6.35. The summed E-state index contributed by atoms with van der Waals surface area (Å²) in [6.45, 7) is 6.84. The predicted molar refractivity (Wildman–Crippen MR) is 131 cm³/mol. The van der Waals surface area contributed by atoms with Crippen molar-refractivity contribution in [3.63, 3.8) is 0 Å². The van der Waals surface area contributed by atoms with E-state index >= 15 is 0 Å². The number of piperazine rings is 1. The fraction of sp³-hybridized carbons (Fsp3) is 0.333. The van der Waals surface area contributed by atoms with Gasteiger partial charge in [0.15, 0.2) is 0 Å². The number of nitrogens with zero attached hydrogens (tertiary/aromatic N) is 2. The summed E-state index contributed by atoms with van der Waals surface area (Å²) >= 11 is 0. The van der Waals surface area contributed by atoms with Gasteiger partial charge in [-0.1, -0.05) is 48.5 Å². The molecule has 6 heteroatoms.